The first-order valence-electron chi connectivity index (χ1n) is 10.4. The Morgan fingerprint density at radius 2 is 1.19 bits per heavy atom. The Morgan fingerprint density at radius 1 is 0.742 bits per heavy atom. The quantitative estimate of drug-likeness (QED) is 0.538. The van der Waals surface area contributed by atoms with E-state index in [0.29, 0.717) is 5.84 Å². The van der Waals surface area contributed by atoms with Crippen LogP contribution in [0.3, 0.4) is 0 Å². The Balaban J connectivity index is 2.22. The highest BCUT2D eigenvalue weighted by Gasteiger charge is 2.37. The molecule has 3 aromatic rings. The minimum atomic E-state index is -2.50. The van der Waals surface area contributed by atoms with Gasteiger partial charge in [0.1, 0.15) is 10.9 Å². The summed E-state index contributed by atoms with van der Waals surface area (Å²) >= 11 is 1.66. The number of benzene rings is 3. The molecule has 5 heteroatoms. The summed E-state index contributed by atoms with van der Waals surface area (Å²) in [4.78, 5) is 22.8. The molecule has 0 N–H and O–H groups in total. The van der Waals surface area contributed by atoms with Crippen LogP contribution in [0.15, 0.2) is 101 Å². The molecule has 0 saturated carbocycles. The average molecular weight is 445 g/mol. The molecule has 3 nitrogen and oxygen atoms in total. The van der Waals surface area contributed by atoms with Crippen molar-refractivity contribution in [3.8, 4) is 0 Å². The van der Waals surface area contributed by atoms with Crippen molar-refractivity contribution in [3.05, 3.63) is 91.0 Å². The van der Waals surface area contributed by atoms with Crippen LogP contribution >= 0.6 is 18.6 Å². The van der Waals surface area contributed by atoms with Crippen LogP contribution in [0.25, 0.3) is 0 Å². The van der Waals surface area contributed by atoms with Crippen molar-refractivity contribution in [1.82, 2.24) is 0 Å². The van der Waals surface area contributed by atoms with E-state index in [9.17, 15) is 4.79 Å². The van der Waals surface area contributed by atoms with E-state index < -0.39 is 6.89 Å². The van der Waals surface area contributed by atoms with Gasteiger partial charge < -0.3 is 0 Å². The van der Waals surface area contributed by atoms with Crippen LogP contribution in [0.4, 0.5) is 0 Å². The summed E-state index contributed by atoms with van der Waals surface area (Å²) in [5.41, 5.74) is 0. The van der Waals surface area contributed by atoms with Gasteiger partial charge in [0.05, 0.1) is 5.29 Å². The van der Waals surface area contributed by atoms with Crippen molar-refractivity contribution < 1.29 is 4.79 Å². The van der Waals surface area contributed by atoms with Crippen LogP contribution in [-0.2, 0) is 4.79 Å². The maximum atomic E-state index is 13.7. The Bertz CT molecular complexity index is 1080. The van der Waals surface area contributed by atoms with Gasteiger partial charge in [0.15, 0.2) is 0 Å². The summed E-state index contributed by atoms with van der Waals surface area (Å²) in [6, 6.07) is 31.2. The predicted molar refractivity (Wildman–Crippen MR) is 138 cm³/mol. The number of thioether (sulfide) groups is 1. The number of hydrogen-bond acceptors (Lipinski definition) is 3. The van der Waals surface area contributed by atoms with Crippen LogP contribution in [-0.4, -0.2) is 27.8 Å². The fourth-order valence-corrected chi connectivity index (χ4v) is 9.52. The topological polar surface area (TPSA) is 41.8 Å². The lowest BCUT2D eigenvalue weighted by Crippen LogP contribution is -2.38. The fraction of sp³-hybridized carbons (Fsp3) is 0.154. The summed E-state index contributed by atoms with van der Waals surface area (Å²) in [6.07, 6.45) is 1.01. The van der Waals surface area contributed by atoms with Gasteiger partial charge in [-0.3, -0.25) is 4.79 Å². The van der Waals surface area contributed by atoms with Crippen molar-refractivity contribution in [2.75, 3.05) is 5.75 Å². The number of carbonyl (C=O) groups is 1. The molecule has 0 aromatic heterocycles. The van der Waals surface area contributed by atoms with Crippen molar-refractivity contribution >= 4 is 56.6 Å². The summed E-state index contributed by atoms with van der Waals surface area (Å²) in [7, 11) is 0. The van der Waals surface area contributed by atoms with Crippen LogP contribution in [0, 0.1) is 0 Å². The van der Waals surface area contributed by atoms with Crippen molar-refractivity contribution in [1.29, 1.82) is 0 Å². The molecular weight excluding hydrogens is 419 g/mol. The van der Waals surface area contributed by atoms with Crippen molar-refractivity contribution in [2.24, 2.45) is 9.98 Å². The van der Waals surface area contributed by atoms with Gasteiger partial charge >= 0.3 is 0 Å². The molecule has 0 spiro atoms. The summed E-state index contributed by atoms with van der Waals surface area (Å²) in [5.74, 6) is 1.26. The van der Waals surface area contributed by atoms with E-state index in [4.69, 9.17) is 4.99 Å². The van der Waals surface area contributed by atoms with Gasteiger partial charge in [0.25, 0.3) is 5.91 Å². The highest BCUT2D eigenvalue weighted by Crippen LogP contribution is 2.48. The SMILES string of the molecule is CCCSC1=NC(C)=NC(=O)C1=P(c1ccccc1)(c1ccccc1)c1ccccc1. The van der Waals surface area contributed by atoms with E-state index in [2.05, 4.69) is 48.3 Å². The lowest BCUT2D eigenvalue weighted by atomic mass is 10.3. The minimum absolute atomic E-state index is 0.170. The third-order valence-corrected chi connectivity index (χ3v) is 10.8. The third kappa shape index (κ3) is 4.11. The number of rotatable bonds is 5. The van der Waals surface area contributed by atoms with Gasteiger partial charge in [-0.15, -0.1) is 11.8 Å². The van der Waals surface area contributed by atoms with E-state index in [1.165, 1.54) is 0 Å². The van der Waals surface area contributed by atoms with Crippen LogP contribution in [0.5, 0.6) is 0 Å². The molecule has 1 amide bonds. The molecule has 3 aromatic carbocycles. The lowest BCUT2D eigenvalue weighted by molar-refractivity contribution is -0.111. The maximum absolute atomic E-state index is 13.7. The second kappa shape index (κ2) is 9.64. The van der Waals surface area contributed by atoms with E-state index in [-0.39, 0.29) is 5.91 Å². The molecule has 31 heavy (non-hydrogen) atoms. The molecule has 0 radical (unpaired) electrons. The standard InChI is InChI=1S/C26H25N2OPS/c1-3-19-31-26-24(25(29)27-20(2)28-26)30(21-13-7-4-8-14-21,22-15-9-5-10-16-22)23-17-11-6-12-18-23/h4-18H,3,19H2,1-2H3. The molecule has 1 aliphatic heterocycles. The smallest absolute Gasteiger partial charge is 0.267 e. The monoisotopic (exact) mass is 444 g/mol. The molecule has 0 bridgehead atoms. The number of amides is 1. The Labute approximate surface area is 188 Å². The van der Waals surface area contributed by atoms with E-state index in [0.717, 1.165) is 38.4 Å². The number of aliphatic imine (C=N–C) groups is 2. The predicted octanol–water partition coefficient (Wildman–Crippen LogP) is 4.65. The van der Waals surface area contributed by atoms with Gasteiger partial charge in [-0.25, -0.2) is 4.99 Å². The van der Waals surface area contributed by atoms with E-state index >= 15 is 0 Å². The average Bonchev–Trinajstić information content (AvgIpc) is 2.81. The molecule has 0 atom stereocenters. The molecule has 4 rings (SSSR count). The summed E-state index contributed by atoms with van der Waals surface area (Å²) in [6.45, 7) is 1.45. The molecule has 1 heterocycles. The van der Waals surface area contributed by atoms with E-state index in [1.807, 2.05) is 54.6 Å². The van der Waals surface area contributed by atoms with Crippen molar-refractivity contribution in [3.63, 3.8) is 0 Å². The van der Waals surface area contributed by atoms with Gasteiger partial charge in [-0.05, 0) is 41.9 Å². The fourth-order valence-electron chi connectivity index (χ4n) is 3.89. The number of carbonyl (C=O) groups excluding carboxylic acids is 1. The first-order chi connectivity index (χ1) is 15.2. The first kappa shape index (κ1) is 21.5. The summed E-state index contributed by atoms with van der Waals surface area (Å²) < 4.78 is 0. The molecular formula is C26H25N2OPS. The largest absolute Gasteiger partial charge is 0.282 e. The Morgan fingerprint density at radius 3 is 1.61 bits per heavy atom. The normalized spacial score (nSPS) is 14.3. The molecule has 0 aliphatic carbocycles. The van der Waals surface area contributed by atoms with E-state index in [1.54, 1.807) is 18.7 Å². The Hall–Kier alpha value is -2.68. The highest BCUT2D eigenvalue weighted by atomic mass is 32.2. The van der Waals surface area contributed by atoms with Crippen molar-refractivity contribution in [2.45, 2.75) is 20.3 Å². The minimum Gasteiger partial charge on any atom is -0.267 e. The second-order valence-electron chi connectivity index (χ2n) is 7.26. The molecule has 156 valence electrons. The third-order valence-electron chi connectivity index (χ3n) is 5.14. The van der Waals surface area contributed by atoms with Gasteiger partial charge in [0, 0.05) is 0 Å². The van der Waals surface area contributed by atoms with Crippen LogP contribution < -0.4 is 15.9 Å². The van der Waals surface area contributed by atoms with Gasteiger partial charge in [-0.1, -0.05) is 97.9 Å². The molecule has 0 unspecified atom stereocenters. The zero-order chi connectivity index (χ0) is 21.7. The molecule has 1 aliphatic rings. The number of amidine groups is 1. The van der Waals surface area contributed by atoms with Gasteiger partial charge in [-0.2, -0.15) is 4.99 Å². The summed E-state index contributed by atoms with van der Waals surface area (Å²) in [5, 5.41) is 4.95. The first-order valence-corrected chi connectivity index (χ1v) is 13.2. The zero-order valence-electron chi connectivity index (χ0n) is 17.7. The number of nitrogens with zero attached hydrogens (tertiary/aromatic N) is 2. The van der Waals surface area contributed by atoms with Crippen LogP contribution in [0.1, 0.15) is 20.3 Å². The molecule has 0 saturated heterocycles. The highest BCUT2D eigenvalue weighted by molar-refractivity contribution is 8.18. The van der Waals surface area contributed by atoms with Gasteiger partial charge in [0.2, 0.25) is 0 Å². The lowest BCUT2D eigenvalue weighted by Gasteiger charge is -2.32. The van der Waals surface area contributed by atoms with Crippen LogP contribution in [0.2, 0.25) is 0 Å². The zero-order valence-corrected chi connectivity index (χ0v) is 19.4. The Kier molecular flexibility index (Phi) is 6.70. The molecule has 0 fully saturated rings. The number of hydrogen-bond donors (Lipinski definition) is 0. The maximum Gasteiger partial charge on any atom is 0.282 e. The second-order valence-corrected chi connectivity index (χ2v) is 11.7.